The fourth-order valence-electron chi connectivity index (χ4n) is 3.77. The van der Waals surface area contributed by atoms with E-state index in [9.17, 15) is 14.4 Å². The Morgan fingerprint density at radius 2 is 1.90 bits per heavy atom. The lowest BCUT2D eigenvalue weighted by Gasteiger charge is -2.24. The Labute approximate surface area is 184 Å². The third-order valence-corrected chi connectivity index (χ3v) is 6.23. The van der Waals surface area contributed by atoms with Crippen molar-refractivity contribution in [1.82, 2.24) is 15.5 Å². The van der Waals surface area contributed by atoms with Crippen molar-refractivity contribution in [2.75, 3.05) is 19.9 Å². The molecule has 0 atom stereocenters. The van der Waals surface area contributed by atoms with Crippen molar-refractivity contribution < 1.29 is 23.9 Å². The zero-order valence-corrected chi connectivity index (χ0v) is 17.9. The highest BCUT2D eigenvalue weighted by Crippen LogP contribution is 2.32. The molecule has 0 radical (unpaired) electrons. The maximum absolute atomic E-state index is 12.9. The Morgan fingerprint density at radius 1 is 1.10 bits per heavy atom. The predicted molar refractivity (Wildman–Crippen MR) is 115 cm³/mol. The number of carbonyl (C=O) groups excluding carboxylic acids is 3. The number of carbonyl (C=O) groups is 3. The number of fused-ring (bicyclic) bond motifs is 1. The lowest BCUT2D eigenvalue weighted by atomic mass is 10.2. The van der Waals surface area contributed by atoms with E-state index in [0.717, 1.165) is 31.2 Å². The standard InChI is InChI=1S/C22H25N3O5S/c26-20(24-16-4-1-2-5-16)13-25(12-15-7-8-17-18(10-15)30-14-29-17)21(27)11-23-22(28)19-6-3-9-31-19/h3,6-10,16H,1-2,4-5,11-14H2,(H,23,28)(H,24,26). The fraction of sp³-hybridized carbons (Fsp3) is 0.409. The lowest BCUT2D eigenvalue weighted by molar-refractivity contribution is -0.136. The van der Waals surface area contributed by atoms with Gasteiger partial charge in [-0.3, -0.25) is 14.4 Å². The zero-order chi connectivity index (χ0) is 21.6. The van der Waals surface area contributed by atoms with Gasteiger partial charge in [-0.15, -0.1) is 11.3 Å². The smallest absolute Gasteiger partial charge is 0.261 e. The number of nitrogens with one attached hydrogen (secondary N) is 2. The highest BCUT2D eigenvalue weighted by molar-refractivity contribution is 7.12. The summed E-state index contributed by atoms with van der Waals surface area (Å²) in [5.74, 6) is 0.451. The van der Waals surface area contributed by atoms with Crippen molar-refractivity contribution in [1.29, 1.82) is 0 Å². The van der Waals surface area contributed by atoms with Crippen LogP contribution in [0.2, 0.25) is 0 Å². The molecule has 9 heteroatoms. The van der Waals surface area contributed by atoms with E-state index in [-0.39, 0.29) is 50.2 Å². The topological polar surface area (TPSA) is 97.0 Å². The first-order chi connectivity index (χ1) is 15.1. The fourth-order valence-corrected chi connectivity index (χ4v) is 4.41. The number of nitrogens with zero attached hydrogens (tertiary/aromatic N) is 1. The molecule has 164 valence electrons. The number of thiophene rings is 1. The van der Waals surface area contributed by atoms with Crippen molar-refractivity contribution >= 4 is 29.1 Å². The molecular weight excluding hydrogens is 418 g/mol. The predicted octanol–water partition coefficient (Wildman–Crippen LogP) is 2.29. The molecule has 0 bridgehead atoms. The van der Waals surface area contributed by atoms with Crippen molar-refractivity contribution in [3.05, 3.63) is 46.2 Å². The summed E-state index contributed by atoms with van der Waals surface area (Å²) < 4.78 is 10.7. The molecule has 2 N–H and O–H groups in total. The molecular formula is C22H25N3O5S. The van der Waals surface area contributed by atoms with Crippen LogP contribution in [0.3, 0.4) is 0 Å². The number of amides is 3. The summed E-state index contributed by atoms with van der Waals surface area (Å²) in [6, 6.07) is 9.09. The Balaban J connectivity index is 1.41. The molecule has 2 aliphatic rings. The van der Waals surface area contributed by atoms with E-state index in [2.05, 4.69) is 10.6 Å². The Hall–Kier alpha value is -3.07. The highest BCUT2D eigenvalue weighted by Gasteiger charge is 2.23. The van der Waals surface area contributed by atoms with Crippen LogP contribution in [0.25, 0.3) is 0 Å². The second-order valence-corrected chi connectivity index (χ2v) is 8.59. The summed E-state index contributed by atoms with van der Waals surface area (Å²) >= 11 is 1.31. The quantitative estimate of drug-likeness (QED) is 0.653. The van der Waals surface area contributed by atoms with Gasteiger partial charge < -0.3 is 25.0 Å². The van der Waals surface area contributed by atoms with Gasteiger partial charge in [0.25, 0.3) is 5.91 Å². The van der Waals surface area contributed by atoms with Crippen LogP contribution in [-0.2, 0) is 16.1 Å². The van der Waals surface area contributed by atoms with E-state index < -0.39 is 0 Å². The third-order valence-electron chi connectivity index (χ3n) is 5.36. The van der Waals surface area contributed by atoms with E-state index in [1.807, 2.05) is 12.1 Å². The van der Waals surface area contributed by atoms with Crippen LogP contribution in [0.15, 0.2) is 35.7 Å². The molecule has 1 aromatic heterocycles. The molecule has 1 aliphatic carbocycles. The van der Waals surface area contributed by atoms with Crippen LogP contribution in [-0.4, -0.2) is 48.5 Å². The molecule has 1 fully saturated rings. The van der Waals surface area contributed by atoms with Gasteiger partial charge in [-0.2, -0.15) is 0 Å². The van der Waals surface area contributed by atoms with Crippen molar-refractivity contribution in [2.24, 2.45) is 0 Å². The van der Waals surface area contributed by atoms with E-state index in [1.165, 1.54) is 16.2 Å². The molecule has 31 heavy (non-hydrogen) atoms. The monoisotopic (exact) mass is 443 g/mol. The molecule has 2 heterocycles. The van der Waals surface area contributed by atoms with Gasteiger partial charge in [-0.25, -0.2) is 0 Å². The summed E-state index contributed by atoms with van der Waals surface area (Å²) in [6.07, 6.45) is 4.16. The first kappa shape index (κ1) is 21.2. The Morgan fingerprint density at radius 3 is 2.68 bits per heavy atom. The van der Waals surface area contributed by atoms with E-state index >= 15 is 0 Å². The molecule has 3 amide bonds. The van der Waals surface area contributed by atoms with Gasteiger partial charge in [0.1, 0.15) is 0 Å². The molecule has 0 unspecified atom stereocenters. The SMILES string of the molecule is O=C(CN(Cc1ccc2c(c1)OCO2)C(=O)CNC(=O)c1cccs1)NC1CCCC1. The minimum absolute atomic E-state index is 0.0708. The lowest BCUT2D eigenvalue weighted by Crippen LogP contribution is -2.46. The maximum Gasteiger partial charge on any atom is 0.261 e. The van der Waals surface area contributed by atoms with Gasteiger partial charge in [0, 0.05) is 12.6 Å². The summed E-state index contributed by atoms with van der Waals surface area (Å²) in [4.78, 5) is 39.7. The second kappa shape index (κ2) is 9.82. The molecule has 0 spiro atoms. The average molecular weight is 444 g/mol. The molecule has 0 saturated heterocycles. The minimum atomic E-state index is -0.329. The third kappa shape index (κ3) is 5.55. The summed E-state index contributed by atoms with van der Waals surface area (Å²) in [7, 11) is 0. The summed E-state index contributed by atoms with van der Waals surface area (Å²) in [5, 5.41) is 7.46. The van der Waals surface area contributed by atoms with Crippen LogP contribution in [0, 0.1) is 0 Å². The number of ether oxygens (including phenoxy) is 2. The normalized spacial score (nSPS) is 15.0. The largest absolute Gasteiger partial charge is 0.454 e. The van der Waals surface area contributed by atoms with Gasteiger partial charge in [0.15, 0.2) is 11.5 Å². The van der Waals surface area contributed by atoms with Gasteiger partial charge in [-0.05, 0) is 42.0 Å². The highest BCUT2D eigenvalue weighted by atomic mass is 32.1. The van der Waals surface area contributed by atoms with Gasteiger partial charge in [0.2, 0.25) is 18.6 Å². The Kier molecular flexibility index (Phi) is 6.71. The van der Waals surface area contributed by atoms with E-state index in [4.69, 9.17) is 9.47 Å². The zero-order valence-electron chi connectivity index (χ0n) is 17.1. The number of rotatable bonds is 8. The van der Waals surface area contributed by atoms with Crippen molar-refractivity contribution in [3.63, 3.8) is 0 Å². The molecule has 1 aliphatic heterocycles. The van der Waals surface area contributed by atoms with Crippen molar-refractivity contribution in [3.8, 4) is 11.5 Å². The van der Waals surface area contributed by atoms with Crippen LogP contribution in [0.1, 0.15) is 40.9 Å². The first-order valence-corrected chi connectivity index (χ1v) is 11.2. The van der Waals surface area contributed by atoms with Crippen LogP contribution in [0.4, 0.5) is 0 Å². The second-order valence-electron chi connectivity index (χ2n) is 7.65. The van der Waals surface area contributed by atoms with Crippen molar-refractivity contribution in [2.45, 2.75) is 38.3 Å². The molecule has 1 aromatic carbocycles. The summed E-state index contributed by atoms with van der Waals surface area (Å²) in [5.41, 5.74) is 0.816. The molecule has 4 rings (SSSR count). The number of benzene rings is 1. The molecule has 8 nitrogen and oxygen atoms in total. The number of hydrogen-bond acceptors (Lipinski definition) is 6. The van der Waals surface area contributed by atoms with E-state index in [0.29, 0.717) is 16.4 Å². The first-order valence-electron chi connectivity index (χ1n) is 10.4. The average Bonchev–Trinajstić information content (AvgIpc) is 3.53. The van der Waals surface area contributed by atoms with Crippen LogP contribution in [0.5, 0.6) is 11.5 Å². The van der Waals surface area contributed by atoms with Gasteiger partial charge in [0.05, 0.1) is 18.0 Å². The van der Waals surface area contributed by atoms with Gasteiger partial charge in [-0.1, -0.05) is 25.0 Å². The summed E-state index contributed by atoms with van der Waals surface area (Å²) in [6.45, 7) is 0.138. The van der Waals surface area contributed by atoms with Crippen LogP contribution >= 0.6 is 11.3 Å². The van der Waals surface area contributed by atoms with Crippen LogP contribution < -0.4 is 20.1 Å². The Bertz CT molecular complexity index is 941. The molecule has 2 aromatic rings. The van der Waals surface area contributed by atoms with Gasteiger partial charge >= 0.3 is 0 Å². The van der Waals surface area contributed by atoms with E-state index in [1.54, 1.807) is 23.6 Å². The molecule has 1 saturated carbocycles. The minimum Gasteiger partial charge on any atom is -0.454 e. The number of hydrogen-bond donors (Lipinski definition) is 2. The maximum atomic E-state index is 12.9.